The van der Waals surface area contributed by atoms with Gasteiger partial charge in [0.2, 0.25) is 5.91 Å². The summed E-state index contributed by atoms with van der Waals surface area (Å²) in [5.41, 5.74) is 1.44. The van der Waals surface area contributed by atoms with Crippen molar-refractivity contribution < 1.29 is 14.7 Å². The maximum atomic E-state index is 12.7. The quantitative estimate of drug-likeness (QED) is 0.693. The predicted molar refractivity (Wildman–Crippen MR) is 110 cm³/mol. The average molecular weight is 444 g/mol. The van der Waals surface area contributed by atoms with Crippen molar-refractivity contribution >= 4 is 40.2 Å². The van der Waals surface area contributed by atoms with E-state index < -0.39 is 0 Å². The molecule has 0 unspecified atom stereocenters. The van der Waals surface area contributed by atoms with Gasteiger partial charge in [-0.05, 0) is 37.3 Å². The largest absolute Gasteiger partial charge is 0.508 e. The highest BCUT2D eigenvalue weighted by Crippen LogP contribution is 2.29. The summed E-state index contributed by atoms with van der Waals surface area (Å²) in [6.45, 7) is 2.04. The second kappa shape index (κ2) is 8.66. The molecule has 1 aromatic heterocycles. The number of carbonyl (C=O) groups excluding carboxylic acids is 2. The third-order valence-electron chi connectivity index (χ3n) is 3.88. The summed E-state index contributed by atoms with van der Waals surface area (Å²) in [6, 6.07) is 6.56. The number of halogens is 1. The van der Waals surface area contributed by atoms with E-state index in [-0.39, 0.29) is 36.5 Å². The van der Waals surface area contributed by atoms with Crippen molar-refractivity contribution in [3.63, 3.8) is 0 Å². The highest BCUT2D eigenvalue weighted by Gasteiger charge is 2.27. The Hall–Kier alpha value is -3.20. The Kier molecular flexibility index (Phi) is 6.05. The molecule has 3 rings (SSSR count). The second-order valence-corrected chi connectivity index (χ2v) is 6.86. The van der Waals surface area contributed by atoms with Crippen LogP contribution in [-0.4, -0.2) is 51.0 Å². The molecule has 0 radical (unpaired) electrons. The summed E-state index contributed by atoms with van der Waals surface area (Å²) in [4.78, 5) is 29.6. The number of amides is 2. The first kappa shape index (κ1) is 19.6. The minimum atomic E-state index is -0.358. The van der Waals surface area contributed by atoms with Crippen molar-refractivity contribution in [2.45, 2.75) is 6.92 Å². The van der Waals surface area contributed by atoms with Crippen molar-refractivity contribution in [2.24, 2.45) is 4.99 Å². The van der Waals surface area contributed by atoms with Gasteiger partial charge in [0.1, 0.15) is 12.3 Å². The first-order chi connectivity index (χ1) is 13.5. The molecule has 144 valence electrons. The Balaban J connectivity index is 1.99. The normalized spacial score (nSPS) is 14.6. The molecule has 1 aromatic carbocycles. The molecule has 0 aliphatic carbocycles. The van der Waals surface area contributed by atoms with Gasteiger partial charge in [-0.25, -0.2) is 4.68 Å². The van der Waals surface area contributed by atoms with E-state index in [1.165, 1.54) is 9.58 Å². The molecule has 28 heavy (non-hydrogen) atoms. The third-order valence-corrected chi connectivity index (χ3v) is 4.34. The Labute approximate surface area is 170 Å². The SMILES string of the molecule is C\C=C/C=N\C=C\n1nc(C(=O)N2CNC(=O)C2)cc1-c1cc(O)cc(Br)c1. The molecule has 1 fully saturated rings. The standard InChI is InChI=1S/C19H18BrN5O3/c1-2-3-4-21-5-6-25-17(13-7-14(20)9-15(26)8-13)10-16(23-25)19(28)24-11-18(27)22-12-24/h2-10,26H,11-12H2,1H3,(H,22,27)/b3-2-,6-5+,21-4-. The summed E-state index contributed by atoms with van der Waals surface area (Å²) in [5.74, 6) is -0.485. The van der Waals surface area contributed by atoms with Gasteiger partial charge in [-0.3, -0.25) is 14.6 Å². The number of rotatable bonds is 5. The Morgan fingerprint density at radius 1 is 1.36 bits per heavy atom. The number of nitrogens with one attached hydrogen (secondary N) is 1. The van der Waals surface area contributed by atoms with Gasteiger partial charge in [0.05, 0.1) is 12.4 Å². The summed E-state index contributed by atoms with van der Waals surface area (Å²) in [6.07, 6.45) is 8.41. The van der Waals surface area contributed by atoms with Crippen LogP contribution in [0.4, 0.5) is 0 Å². The smallest absolute Gasteiger partial charge is 0.276 e. The van der Waals surface area contributed by atoms with Crippen LogP contribution in [0.2, 0.25) is 0 Å². The monoisotopic (exact) mass is 443 g/mol. The van der Waals surface area contributed by atoms with E-state index in [9.17, 15) is 14.7 Å². The zero-order chi connectivity index (χ0) is 20.1. The van der Waals surface area contributed by atoms with Gasteiger partial charge in [-0.1, -0.05) is 22.0 Å². The number of carbonyl (C=O) groups is 2. The van der Waals surface area contributed by atoms with Crippen LogP contribution in [0.15, 0.2) is 52.1 Å². The highest BCUT2D eigenvalue weighted by molar-refractivity contribution is 9.10. The minimum absolute atomic E-state index is 0.00217. The third kappa shape index (κ3) is 4.55. The molecule has 0 saturated carbocycles. The fraction of sp³-hybridized carbons (Fsp3) is 0.158. The molecule has 2 heterocycles. The highest BCUT2D eigenvalue weighted by atomic mass is 79.9. The number of aromatic hydroxyl groups is 1. The van der Waals surface area contributed by atoms with Gasteiger partial charge in [0.15, 0.2) is 5.69 Å². The number of aliphatic imine (C=N–C) groups is 1. The van der Waals surface area contributed by atoms with E-state index in [4.69, 9.17) is 0 Å². The van der Waals surface area contributed by atoms with Gasteiger partial charge < -0.3 is 15.3 Å². The molecule has 9 heteroatoms. The van der Waals surface area contributed by atoms with E-state index >= 15 is 0 Å². The van der Waals surface area contributed by atoms with Gasteiger partial charge in [0, 0.05) is 28.7 Å². The van der Waals surface area contributed by atoms with Crippen LogP contribution in [0.3, 0.4) is 0 Å². The summed E-state index contributed by atoms with van der Waals surface area (Å²) < 4.78 is 2.19. The van der Waals surface area contributed by atoms with Gasteiger partial charge in [0.25, 0.3) is 5.91 Å². The first-order valence-corrected chi connectivity index (χ1v) is 9.24. The molecule has 1 aliphatic rings. The number of aromatic nitrogens is 2. The predicted octanol–water partition coefficient (Wildman–Crippen LogP) is 2.62. The zero-order valence-corrected chi connectivity index (χ0v) is 16.6. The number of phenolic OH excluding ortho intramolecular Hbond substituents is 1. The van der Waals surface area contributed by atoms with Crippen molar-refractivity contribution in [1.82, 2.24) is 20.0 Å². The summed E-state index contributed by atoms with van der Waals surface area (Å²) in [5, 5.41) is 16.8. The number of hydrogen-bond donors (Lipinski definition) is 2. The first-order valence-electron chi connectivity index (χ1n) is 8.44. The van der Waals surface area contributed by atoms with Crippen LogP contribution >= 0.6 is 15.9 Å². The van der Waals surface area contributed by atoms with Crippen molar-refractivity contribution in [1.29, 1.82) is 0 Å². The molecule has 1 aliphatic heterocycles. The van der Waals surface area contributed by atoms with E-state index in [1.807, 2.05) is 13.0 Å². The fourth-order valence-electron chi connectivity index (χ4n) is 2.61. The lowest BCUT2D eigenvalue weighted by Crippen LogP contribution is -2.30. The Morgan fingerprint density at radius 3 is 2.86 bits per heavy atom. The lowest BCUT2D eigenvalue weighted by Gasteiger charge is -2.10. The van der Waals surface area contributed by atoms with Crippen LogP contribution in [0.25, 0.3) is 17.5 Å². The number of benzene rings is 1. The van der Waals surface area contributed by atoms with Gasteiger partial charge in [-0.2, -0.15) is 5.10 Å². The van der Waals surface area contributed by atoms with E-state index in [1.54, 1.807) is 49.0 Å². The number of nitrogens with zero attached hydrogens (tertiary/aromatic N) is 4. The molecule has 0 spiro atoms. The topological polar surface area (TPSA) is 99.8 Å². The number of allylic oxidation sites excluding steroid dienone is 2. The average Bonchev–Trinajstić information content (AvgIpc) is 3.27. The molecule has 1 saturated heterocycles. The molecule has 0 bridgehead atoms. The fourth-order valence-corrected chi connectivity index (χ4v) is 3.09. The molecule has 2 amide bonds. The molecular formula is C19H18BrN5O3. The van der Waals surface area contributed by atoms with E-state index in [0.29, 0.717) is 15.7 Å². The van der Waals surface area contributed by atoms with Crippen LogP contribution in [0.5, 0.6) is 5.75 Å². The lowest BCUT2D eigenvalue weighted by atomic mass is 10.1. The Bertz CT molecular complexity index is 973. The molecule has 2 aromatic rings. The lowest BCUT2D eigenvalue weighted by molar-refractivity contribution is -0.118. The van der Waals surface area contributed by atoms with Crippen LogP contribution in [0, 0.1) is 0 Å². The second-order valence-electron chi connectivity index (χ2n) is 5.94. The Morgan fingerprint density at radius 2 is 2.18 bits per heavy atom. The van der Waals surface area contributed by atoms with Crippen molar-refractivity contribution in [2.75, 3.05) is 13.2 Å². The van der Waals surface area contributed by atoms with Crippen LogP contribution in [0.1, 0.15) is 17.4 Å². The van der Waals surface area contributed by atoms with Crippen LogP contribution in [-0.2, 0) is 4.79 Å². The summed E-state index contributed by atoms with van der Waals surface area (Å²) in [7, 11) is 0. The van der Waals surface area contributed by atoms with Crippen molar-refractivity contribution in [3.8, 4) is 17.0 Å². The minimum Gasteiger partial charge on any atom is -0.508 e. The number of phenols is 1. The maximum absolute atomic E-state index is 12.7. The zero-order valence-electron chi connectivity index (χ0n) is 15.0. The van der Waals surface area contributed by atoms with Gasteiger partial charge >= 0.3 is 0 Å². The molecular weight excluding hydrogens is 426 g/mol. The van der Waals surface area contributed by atoms with Crippen LogP contribution < -0.4 is 5.32 Å². The molecule has 0 atom stereocenters. The summed E-state index contributed by atoms with van der Waals surface area (Å²) >= 11 is 3.35. The number of hydrogen-bond acceptors (Lipinski definition) is 5. The van der Waals surface area contributed by atoms with Crippen molar-refractivity contribution in [3.05, 3.63) is 52.8 Å². The van der Waals surface area contributed by atoms with E-state index in [0.717, 1.165) is 0 Å². The van der Waals surface area contributed by atoms with E-state index in [2.05, 4.69) is 31.3 Å². The molecule has 8 nitrogen and oxygen atoms in total. The maximum Gasteiger partial charge on any atom is 0.276 e. The molecule has 2 N–H and O–H groups in total. The van der Waals surface area contributed by atoms with Gasteiger partial charge in [-0.15, -0.1) is 0 Å².